The summed E-state index contributed by atoms with van der Waals surface area (Å²) in [5.41, 5.74) is 21.8. The fraction of sp³-hybridized carbons (Fsp3) is 0.169. The van der Waals surface area contributed by atoms with Crippen LogP contribution in [0.5, 0.6) is 0 Å². The van der Waals surface area contributed by atoms with Crippen LogP contribution in [0.1, 0.15) is 81.8 Å². The normalized spacial score (nSPS) is 14.0. The molecule has 77 heavy (non-hydrogen) atoms. The zero-order valence-electron chi connectivity index (χ0n) is 43.7. The van der Waals surface area contributed by atoms with E-state index >= 15 is 0 Å². The Balaban J connectivity index is 0.00000631. The molecule has 3 heterocycles. The SMILES string of the molecule is CC1(C)Cc2c[c-]c(-c3ccc(CCc4cc(CCc5ccc(-c6[c-]cc7c(c6)C(=O)C(C)(C)C7)nc5)cc(-c5ccccc5-c5cnc(-c6[c-]cccc6)cc5-c5ccc(-c6ccccc6)cc5)c4)cn3)cc2C1=O.[Ir+3]. The zero-order chi connectivity index (χ0) is 52.0. The first-order valence-corrected chi connectivity index (χ1v) is 26.4. The molecule has 6 heteroatoms. The molecule has 10 aromatic rings. The monoisotopic (exact) mass is 1180 g/mol. The van der Waals surface area contributed by atoms with Gasteiger partial charge in [0.1, 0.15) is 11.6 Å². The molecule has 0 spiro atoms. The van der Waals surface area contributed by atoms with Gasteiger partial charge in [-0.15, -0.1) is 94.5 Å². The van der Waals surface area contributed by atoms with Crippen LogP contribution in [-0.2, 0) is 58.6 Å². The van der Waals surface area contributed by atoms with Gasteiger partial charge in [0.15, 0.2) is 0 Å². The quantitative estimate of drug-likeness (QED) is 0.108. The number of hydrogen-bond acceptors (Lipinski definition) is 5. The molecule has 0 N–H and O–H groups in total. The summed E-state index contributed by atoms with van der Waals surface area (Å²) in [7, 11) is 0. The molecular weight excluding hydrogens is 1120 g/mol. The summed E-state index contributed by atoms with van der Waals surface area (Å²) in [5.74, 6) is 0.374. The maximum absolute atomic E-state index is 13.2. The number of ketones is 2. The third kappa shape index (κ3) is 10.5. The van der Waals surface area contributed by atoms with Crippen molar-refractivity contribution in [2.45, 2.75) is 66.2 Å². The minimum Gasteiger partial charge on any atom is -0.304 e. The molecule has 376 valence electrons. The van der Waals surface area contributed by atoms with Crippen molar-refractivity contribution in [3.8, 4) is 78.3 Å². The van der Waals surface area contributed by atoms with Crippen molar-refractivity contribution in [1.82, 2.24) is 15.0 Å². The third-order valence-electron chi connectivity index (χ3n) is 15.4. The maximum atomic E-state index is 13.2. The Bertz CT molecular complexity index is 3680. The second-order valence-corrected chi connectivity index (χ2v) is 21.9. The van der Waals surface area contributed by atoms with Crippen molar-refractivity contribution in [3.05, 3.63) is 257 Å². The van der Waals surface area contributed by atoms with E-state index in [0.29, 0.717) is 0 Å². The van der Waals surface area contributed by atoms with Gasteiger partial charge in [-0.3, -0.25) is 9.59 Å². The molecule has 0 bridgehead atoms. The predicted molar refractivity (Wildman–Crippen MR) is 306 cm³/mol. The van der Waals surface area contributed by atoms with Crippen LogP contribution in [0.2, 0.25) is 0 Å². The van der Waals surface area contributed by atoms with Crippen LogP contribution >= 0.6 is 0 Å². The Morgan fingerprint density at radius 2 is 0.896 bits per heavy atom. The molecule has 0 atom stereocenters. The molecule has 0 fully saturated rings. The van der Waals surface area contributed by atoms with Gasteiger partial charge in [0.25, 0.3) is 0 Å². The number of aryl methyl sites for hydroxylation is 4. The number of pyridine rings is 3. The summed E-state index contributed by atoms with van der Waals surface area (Å²) >= 11 is 0. The Labute approximate surface area is 466 Å². The number of benzene rings is 7. The van der Waals surface area contributed by atoms with Crippen molar-refractivity contribution < 1.29 is 29.7 Å². The van der Waals surface area contributed by atoms with Crippen molar-refractivity contribution in [2.24, 2.45) is 10.8 Å². The van der Waals surface area contributed by atoms with E-state index in [-0.39, 0.29) is 42.5 Å². The van der Waals surface area contributed by atoms with Gasteiger partial charge in [0, 0.05) is 35.0 Å². The fourth-order valence-corrected chi connectivity index (χ4v) is 11.2. The zero-order valence-corrected chi connectivity index (χ0v) is 46.1. The molecule has 0 saturated carbocycles. The molecule has 12 rings (SSSR count). The minimum absolute atomic E-state index is 0. The molecule has 0 unspecified atom stereocenters. The molecular formula is C71H56IrN3O2. The average Bonchev–Trinajstić information content (AvgIpc) is 3.91. The largest absolute Gasteiger partial charge is 3.00 e. The number of nitrogens with zero attached hydrogens (tertiary/aromatic N) is 3. The van der Waals surface area contributed by atoms with Crippen LogP contribution < -0.4 is 0 Å². The number of aromatic nitrogens is 3. The minimum atomic E-state index is -0.388. The first kappa shape index (κ1) is 51.1. The molecule has 3 aromatic heterocycles. The number of Topliss-reactive ketones (excluding diaryl/α,β-unsaturated/α-hetero) is 2. The van der Waals surface area contributed by atoms with Gasteiger partial charge < -0.3 is 15.0 Å². The van der Waals surface area contributed by atoms with E-state index in [1.165, 1.54) is 22.3 Å². The first-order chi connectivity index (χ1) is 36.9. The Morgan fingerprint density at radius 1 is 0.390 bits per heavy atom. The van der Waals surface area contributed by atoms with Crippen LogP contribution in [0.25, 0.3) is 78.3 Å². The van der Waals surface area contributed by atoms with Crippen molar-refractivity contribution in [1.29, 1.82) is 0 Å². The predicted octanol–water partition coefficient (Wildman–Crippen LogP) is 16.0. The molecule has 0 saturated heterocycles. The van der Waals surface area contributed by atoms with E-state index in [0.717, 1.165) is 139 Å². The van der Waals surface area contributed by atoms with Gasteiger partial charge in [0.2, 0.25) is 0 Å². The number of carbonyl (C=O) groups is 2. The molecule has 7 aromatic carbocycles. The van der Waals surface area contributed by atoms with Crippen LogP contribution in [-0.4, -0.2) is 26.5 Å². The number of rotatable bonds is 13. The van der Waals surface area contributed by atoms with Crippen molar-refractivity contribution in [3.63, 3.8) is 0 Å². The van der Waals surface area contributed by atoms with Gasteiger partial charge in [-0.2, -0.15) is 0 Å². The van der Waals surface area contributed by atoms with E-state index in [9.17, 15) is 9.59 Å². The summed E-state index contributed by atoms with van der Waals surface area (Å²) in [4.78, 5) is 41.2. The fourth-order valence-electron chi connectivity index (χ4n) is 11.2. The van der Waals surface area contributed by atoms with Gasteiger partial charge in [-0.1, -0.05) is 166 Å². The smallest absolute Gasteiger partial charge is 0.304 e. The standard InChI is InChI=1S/C71H56N3O2.Ir/c1-70(2)41-56-31-29-54(38-62(56)68(70)75)65-33-23-46(43-72-65)19-21-48-35-49(22-20-47-24-34-66(73-44-47)55-30-32-57-42-71(3,4)69(76)63(57)39-55)37-58(36-48)59-17-11-12-18-60(59)64-45-74-67(53-15-9-6-10-16-53)40-61(64)52-27-25-51(26-28-52)50-13-7-5-8-14-50;/h5-15,17-18,23-28,31-40,43-45H,19-22,41-42H2,1-4H3;/q-3;+3. The number of fused-ring (bicyclic) bond motifs is 2. The second kappa shape index (κ2) is 21.2. The van der Waals surface area contributed by atoms with Gasteiger partial charge in [-0.05, 0) is 117 Å². The van der Waals surface area contributed by atoms with E-state index in [1.807, 2.05) is 94.8 Å². The molecule has 0 amide bonds. The Kier molecular flexibility index (Phi) is 14.1. The summed E-state index contributed by atoms with van der Waals surface area (Å²) in [5, 5.41) is 0. The Morgan fingerprint density at radius 3 is 1.44 bits per heavy atom. The van der Waals surface area contributed by atoms with Crippen molar-refractivity contribution in [2.75, 3.05) is 0 Å². The molecule has 0 radical (unpaired) electrons. The second-order valence-electron chi connectivity index (χ2n) is 21.9. The number of hydrogen-bond donors (Lipinski definition) is 0. The average molecular weight is 1180 g/mol. The van der Waals surface area contributed by atoms with Gasteiger partial charge in [0.05, 0.1) is 0 Å². The number of carbonyl (C=O) groups excluding carboxylic acids is 2. The molecule has 0 aliphatic heterocycles. The van der Waals surface area contributed by atoms with Crippen molar-refractivity contribution >= 4 is 11.6 Å². The third-order valence-corrected chi connectivity index (χ3v) is 15.4. The molecule has 2 aliphatic rings. The Hall–Kier alpha value is -8.02. The van der Waals surface area contributed by atoms with Crippen LogP contribution in [0, 0.1) is 29.0 Å². The summed E-state index contributed by atoms with van der Waals surface area (Å²) in [6.45, 7) is 8.06. The first-order valence-electron chi connectivity index (χ1n) is 26.4. The van der Waals surface area contributed by atoms with Crippen LogP contribution in [0.3, 0.4) is 0 Å². The maximum Gasteiger partial charge on any atom is 3.00 e. The van der Waals surface area contributed by atoms with Gasteiger partial charge in [-0.25, -0.2) is 0 Å². The van der Waals surface area contributed by atoms with E-state index in [4.69, 9.17) is 15.0 Å². The molecule has 2 aliphatic carbocycles. The summed E-state index contributed by atoms with van der Waals surface area (Å²) in [6.07, 6.45) is 10.7. The summed E-state index contributed by atoms with van der Waals surface area (Å²) in [6, 6.07) is 71.9. The van der Waals surface area contributed by atoms with E-state index in [1.54, 1.807) is 0 Å². The topological polar surface area (TPSA) is 72.8 Å². The van der Waals surface area contributed by atoms with E-state index in [2.05, 4.69) is 146 Å². The summed E-state index contributed by atoms with van der Waals surface area (Å²) < 4.78 is 0. The molecule has 5 nitrogen and oxygen atoms in total. The van der Waals surface area contributed by atoms with Crippen LogP contribution in [0.15, 0.2) is 195 Å². The van der Waals surface area contributed by atoms with Gasteiger partial charge >= 0.3 is 20.1 Å². The van der Waals surface area contributed by atoms with Crippen LogP contribution in [0.4, 0.5) is 0 Å². The van der Waals surface area contributed by atoms with E-state index < -0.39 is 0 Å².